The number of thiophene rings is 1. The Labute approximate surface area is 214 Å². The Morgan fingerprint density at radius 2 is 1.72 bits per heavy atom. The Balaban J connectivity index is 1.24. The molecule has 2 amide bonds. The van der Waals surface area contributed by atoms with E-state index in [0.29, 0.717) is 17.1 Å². The third kappa shape index (κ3) is 5.72. The standard InChI is InChI=1S/C28H28N4O3S/c1-29-28(34)24-16-23(11-12-30-24)35-22-10-9-21-15-26(36-25(21)17-22)31-27(33)20-7-5-19(6-8-20)18-32-13-3-2-4-14-32/h5-12,15-17H,2-4,13-14,18H2,1H3,(H,29,34)(H,31,33). The number of carbonyl (C=O) groups excluding carboxylic acids is 2. The van der Waals surface area contributed by atoms with Gasteiger partial charge in [0.25, 0.3) is 11.8 Å². The predicted molar refractivity (Wildman–Crippen MR) is 143 cm³/mol. The zero-order chi connectivity index (χ0) is 24.9. The third-order valence-electron chi connectivity index (χ3n) is 6.23. The van der Waals surface area contributed by atoms with Gasteiger partial charge < -0.3 is 15.4 Å². The van der Waals surface area contributed by atoms with Gasteiger partial charge in [-0.15, -0.1) is 11.3 Å². The fourth-order valence-electron chi connectivity index (χ4n) is 4.32. The van der Waals surface area contributed by atoms with Crippen LogP contribution in [0.2, 0.25) is 0 Å². The summed E-state index contributed by atoms with van der Waals surface area (Å²) >= 11 is 1.49. The molecule has 5 rings (SSSR count). The molecular formula is C28H28N4O3S. The van der Waals surface area contributed by atoms with E-state index in [4.69, 9.17) is 4.74 Å². The molecule has 1 fully saturated rings. The second-order valence-corrected chi connectivity index (χ2v) is 9.94. The largest absolute Gasteiger partial charge is 0.457 e. The molecule has 3 heterocycles. The summed E-state index contributed by atoms with van der Waals surface area (Å²) in [5.74, 6) is 0.768. The molecule has 0 bridgehead atoms. The van der Waals surface area contributed by atoms with Crippen molar-refractivity contribution in [2.45, 2.75) is 25.8 Å². The molecular weight excluding hydrogens is 472 g/mol. The van der Waals surface area contributed by atoms with Crippen LogP contribution in [0.3, 0.4) is 0 Å². The van der Waals surface area contributed by atoms with Crippen molar-refractivity contribution in [3.05, 3.63) is 83.7 Å². The molecule has 8 heteroatoms. The van der Waals surface area contributed by atoms with E-state index in [2.05, 4.69) is 20.5 Å². The zero-order valence-corrected chi connectivity index (χ0v) is 20.9. The van der Waals surface area contributed by atoms with Crippen LogP contribution in [0.5, 0.6) is 11.5 Å². The molecule has 2 aromatic carbocycles. The first-order valence-electron chi connectivity index (χ1n) is 12.1. The molecule has 0 radical (unpaired) electrons. The molecule has 36 heavy (non-hydrogen) atoms. The number of hydrogen-bond acceptors (Lipinski definition) is 6. The van der Waals surface area contributed by atoms with Crippen molar-refractivity contribution < 1.29 is 14.3 Å². The molecule has 2 N–H and O–H groups in total. The highest BCUT2D eigenvalue weighted by Crippen LogP contribution is 2.34. The number of anilines is 1. The minimum atomic E-state index is -0.272. The lowest BCUT2D eigenvalue weighted by Gasteiger charge is -2.26. The number of fused-ring (bicyclic) bond motifs is 1. The van der Waals surface area contributed by atoms with Gasteiger partial charge in [0, 0.05) is 36.1 Å². The van der Waals surface area contributed by atoms with E-state index in [1.54, 1.807) is 19.2 Å². The summed E-state index contributed by atoms with van der Waals surface area (Å²) in [6.07, 6.45) is 5.40. The average molecular weight is 501 g/mol. The number of pyridine rings is 1. The highest BCUT2D eigenvalue weighted by atomic mass is 32.1. The van der Waals surface area contributed by atoms with E-state index < -0.39 is 0 Å². The lowest BCUT2D eigenvalue weighted by Crippen LogP contribution is -2.29. The number of nitrogens with zero attached hydrogens (tertiary/aromatic N) is 2. The van der Waals surface area contributed by atoms with Gasteiger partial charge in [0.15, 0.2) is 0 Å². The fraction of sp³-hybridized carbons (Fsp3) is 0.250. The maximum absolute atomic E-state index is 12.8. The molecule has 1 saturated heterocycles. The Kier molecular flexibility index (Phi) is 7.25. The third-order valence-corrected chi connectivity index (χ3v) is 7.24. The fourth-order valence-corrected chi connectivity index (χ4v) is 5.31. The second-order valence-electron chi connectivity index (χ2n) is 8.86. The van der Waals surface area contributed by atoms with Gasteiger partial charge in [-0.1, -0.05) is 18.6 Å². The predicted octanol–water partition coefficient (Wildman–Crippen LogP) is 5.69. The Morgan fingerprint density at radius 3 is 2.50 bits per heavy atom. The minimum absolute atomic E-state index is 0.124. The summed E-state index contributed by atoms with van der Waals surface area (Å²) in [7, 11) is 1.56. The number of benzene rings is 2. The Hall–Kier alpha value is -3.75. The molecule has 0 atom stereocenters. The molecule has 1 aliphatic heterocycles. The zero-order valence-electron chi connectivity index (χ0n) is 20.1. The quantitative estimate of drug-likeness (QED) is 0.341. The smallest absolute Gasteiger partial charge is 0.269 e. The van der Waals surface area contributed by atoms with E-state index in [1.165, 1.54) is 42.4 Å². The van der Waals surface area contributed by atoms with E-state index in [-0.39, 0.29) is 17.5 Å². The maximum atomic E-state index is 12.8. The van der Waals surface area contributed by atoms with Crippen molar-refractivity contribution in [1.29, 1.82) is 0 Å². The number of rotatable bonds is 7. The van der Waals surface area contributed by atoms with E-state index >= 15 is 0 Å². The highest BCUT2D eigenvalue weighted by Gasteiger charge is 2.13. The van der Waals surface area contributed by atoms with Gasteiger partial charge in [-0.25, -0.2) is 0 Å². The first-order chi connectivity index (χ1) is 17.6. The van der Waals surface area contributed by atoms with E-state index in [1.807, 2.05) is 48.5 Å². The Morgan fingerprint density at radius 1 is 0.944 bits per heavy atom. The highest BCUT2D eigenvalue weighted by molar-refractivity contribution is 7.23. The van der Waals surface area contributed by atoms with Crippen LogP contribution < -0.4 is 15.4 Å². The number of hydrogen-bond donors (Lipinski definition) is 2. The monoisotopic (exact) mass is 500 g/mol. The summed E-state index contributed by atoms with van der Waals surface area (Å²) in [6, 6.07) is 18.9. The molecule has 4 aromatic rings. The van der Waals surface area contributed by atoms with Crippen LogP contribution >= 0.6 is 11.3 Å². The van der Waals surface area contributed by atoms with Crippen molar-refractivity contribution in [2.24, 2.45) is 0 Å². The van der Waals surface area contributed by atoms with Crippen LogP contribution in [-0.2, 0) is 6.54 Å². The van der Waals surface area contributed by atoms with Crippen molar-refractivity contribution in [2.75, 3.05) is 25.5 Å². The van der Waals surface area contributed by atoms with Crippen LogP contribution in [0.15, 0.2) is 66.9 Å². The number of nitrogens with one attached hydrogen (secondary N) is 2. The lowest BCUT2D eigenvalue weighted by atomic mass is 10.1. The first-order valence-corrected chi connectivity index (χ1v) is 12.9. The SMILES string of the molecule is CNC(=O)c1cc(Oc2ccc3cc(NC(=O)c4ccc(CN5CCCCC5)cc4)sc3c2)ccn1. The van der Waals surface area contributed by atoms with Gasteiger partial charge in [0.2, 0.25) is 0 Å². The normalized spacial score (nSPS) is 13.9. The lowest BCUT2D eigenvalue weighted by molar-refractivity contribution is 0.0957. The summed E-state index contributed by atoms with van der Waals surface area (Å²) in [4.78, 5) is 31.2. The average Bonchev–Trinajstić information content (AvgIpc) is 3.31. The molecule has 2 aromatic heterocycles. The number of ether oxygens (including phenoxy) is 1. The van der Waals surface area contributed by atoms with Gasteiger partial charge in [-0.2, -0.15) is 0 Å². The van der Waals surface area contributed by atoms with Gasteiger partial charge >= 0.3 is 0 Å². The first kappa shape index (κ1) is 24.0. The van der Waals surface area contributed by atoms with Gasteiger partial charge in [-0.05, 0) is 79.3 Å². The van der Waals surface area contributed by atoms with Crippen molar-refractivity contribution in [3.8, 4) is 11.5 Å². The van der Waals surface area contributed by atoms with Crippen LogP contribution in [0.25, 0.3) is 10.1 Å². The number of likely N-dealkylation sites (tertiary alicyclic amines) is 1. The van der Waals surface area contributed by atoms with Gasteiger partial charge in [-0.3, -0.25) is 19.5 Å². The molecule has 1 aliphatic rings. The van der Waals surface area contributed by atoms with Crippen molar-refractivity contribution in [1.82, 2.24) is 15.2 Å². The van der Waals surface area contributed by atoms with Crippen LogP contribution in [-0.4, -0.2) is 41.8 Å². The van der Waals surface area contributed by atoms with Crippen molar-refractivity contribution >= 4 is 38.2 Å². The molecule has 0 unspecified atom stereocenters. The number of amides is 2. The molecule has 184 valence electrons. The van der Waals surface area contributed by atoms with Crippen molar-refractivity contribution in [3.63, 3.8) is 0 Å². The van der Waals surface area contributed by atoms with E-state index in [9.17, 15) is 9.59 Å². The minimum Gasteiger partial charge on any atom is -0.457 e. The van der Waals surface area contributed by atoms with Crippen LogP contribution in [0.1, 0.15) is 45.7 Å². The van der Waals surface area contributed by atoms with Crippen LogP contribution in [0, 0.1) is 0 Å². The topological polar surface area (TPSA) is 83.6 Å². The summed E-state index contributed by atoms with van der Waals surface area (Å²) in [5, 5.41) is 7.36. The Bertz CT molecular complexity index is 1380. The number of piperidine rings is 1. The number of carbonyl (C=O) groups is 2. The summed E-state index contributed by atoms with van der Waals surface area (Å²) in [5.41, 5.74) is 2.17. The number of aromatic nitrogens is 1. The molecule has 0 saturated carbocycles. The molecule has 0 aliphatic carbocycles. The summed E-state index contributed by atoms with van der Waals surface area (Å²) in [6.45, 7) is 3.25. The van der Waals surface area contributed by atoms with E-state index in [0.717, 1.165) is 34.7 Å². The molecule has 7 nitrogen and oxygen atoms in total. The van der Waals surface area contributed by atoms with Crippen LogP contribution in [0.4, 0.5) is 5.00 Å². The summed E-state index contributed by atoms with van der Waals surface area (Å²) < 4.78 is 6.93. The molecule has 0 spiro atoms. The maximum Gasteiger partial charge on any atom is 0.269 e. The second kappa shape index (κ2) is 10.9. The van der Waals surface area contributed by atoms with Gasteiger partial charge in [0.05, 0.1) is 5.00 Å². The van der Waals surface area contributed by atoms with Gasteiger partial charge in [0.1, 0.15) is 17.2 Å².